The van der Waals surface area contributed by atoms with Crippen molar-refractivity contribution in [3.05, 3.63) is 70.8 Å². The molecule has 0 saturated carbocycles. The normalized spacial score (nSPS) is 10.8. The Bertz CT molecular complexity index is 671. The van der Waals surface area contributed by atoms with E-state index in [9.17, 15) is 13.6 Å². The number of carbonyl (C=O) groups is 1. The van der Waals surface area contributed by atoms with E-state index >= 15 is 0 Å². The largest absolute Gasteiger partial charge is 0.320 e. The molecule has 0 bridgehead atoms. The molecule has 0 fully saturated rings. The number of carbonyl (C=O) groups excluding carboxylic acids is 1. The lowest BCUT2D eigenvalue weighted by Crippen LogP contribution is -2.09. The Balaban J connectivity index is 2.08. The van der Waals surface area contributed by atoms with Crippen LogP contribution in [0.3, 0.4) is 0 Å². The first kappa shape index (κ1) is 14.2. The van der Waals surface area contributed by atoms with Gasteiger partial charge < -0.3 is 5.32 Å². The molecular formula is C15H10ClF2NO. The van der Waals surface area contributed by atoms with Crippen LogP contribution in [-0.2, 0) is 4.79 Å². The number of halogens is 3. The SMILES string of the molecule is O=C(/C=C/c1ccccc1Cl)Nc1ccc(F)cc1F. The summed E-state index contributed by atoms with van der Waals surface area (Å²) >= 11 is 5.93. The van der Waals surface area contributed by atoms with Crippen molar-refractivity contribution in [2.75, 3.05) is 5.32 Å². The highest BCUT2D eigenvalue weighted by molar-refractivity contribution is 6.32. The van der Waals surface area contributed by atoms with E-state index in [0.29, 0.717) is 16.7 Å². The van der Waals surface area contributed by atoms with Crippen molar-refractivity contribution in [3.63, 3.8) is 0 Å². The van der Waals surface area contributed by atoms with Crippen molar-refractivity contribution >= 4 is 29.3 Å². The first-order chi connectivity index (χ1) is 9.56. The monoisotopic (exact) mass is 293 g/mol. The summed E-state index contributed by atoms with van der Waals surface area (Å²) in [6, 6.07) is 9.91. The Morgan fingerprint density at radius 3 is 2.60 bits per heavy atom. The molecule has 0 aliphatic heterocycles. The van der Waals surface area contributed by atoms with Crippen LogP contribution in [0.5, 0.6) is 0 Å². The summed E-state index contributed by atoms with van der Waals surface area (Å²) in [6.45, 7) is 0. The molecule has 0 unspecified atom stereocenters. The second kappa shape index (κ2) is 6.30. The summed E-state index contributed by atoms with van der Waals surface area (Å²) in [5.41, 5.74) is 0.587. The van der Waals surface area contributed by atoms with Gasteiger partial charge in [-0.25, -0.2) is 8.78 Å². The topological polar surface area (TPSA) is 29.1 Å². The van der Waals surface area contributed by atoms with E-state index in [4.69, 9.17) is 11.6 Å². The van der Waals surface area contributed by atoms with Crippen LogP contribution < -0.4 is 5.32 Å². The van der Waals surface area contributed by atoms with Crippen LogP contribution in [0.15, 0.2) is 48.5 Å². The van der Waals surface area contributed by atoms with E-state index in [0.717, 1.165) is 12.1 Å². The number of anilines is 1. The second-order valence-electron chi connectivity index (χ2n) is 3.97. The molecule has 2 nitrogen and oxygen atoms in total. The third-order valence-corrected chi connectivity index (χ3v) is 2.85. The molecule has 102 valence electrons. The number of amides is 1. The lowest BCUT2D eigenvalue weighted by Gasteiger charge is -2.03. The van der Waals surface area contributed by atoms with Gasteiger partial charge in [-0.2, -0.15) is 0 Å². The molecule has 0 radical (unpaired) electrons. The Morgan fingerprint density at radius 2 is 1.90 bits per heavy atom. The second-order valence-corrected chi connectivity index (χ2v) is 4.38. The van der Waals surface area contributed by atoms with Crippen molar-refractivity contribution in [2.24, 2.45) is 0 Å². The van der Waals surface area contributed by atoms with Gasteiger partial charge in [0.25, 0.3) is 0 Å². The highest BCUT2D eigenvalue weighted by atomic mass is 35.5. The third kappa shape index (κ3) is 3.65. The predicted molar refractivity (Wildman–Crippen MR) is 75.5 cm³/mol. The lowest BCUT2D eigenvalue weighted by atomic mass is 10.2. The Labute approximate surface area is 119 Å². The van der Waals surface area contributed by atoms with Crippen molar-refractivity contribution < 1.29 is 13.6 Å². The van der Waals surface area contributed by atoms with Gasteiger partial charge in [0.05, 0.1) is 5.69 Å². The summed E-state index contributed by atoms with van der Waals surface area (Å²) in [5, 5.41) is 2.82. The van der Waals surface area contributed by atoms with Crippen LogP contribution in [0, 0.1) is 11.6 Å². The zero-order valence-corrected chi connectivity index (χ0v) is 11.0. The van der Waals surface area contributed by atoms with Crippen LogP contribution in [0.2, 0.25) is 5.02 Å². The van der Waals surface area contributed by atoms with Gasteiger partial charge in [0.2, 0.25) is 5.91 Å². The van der Waals surface area contributed by atoms with Gasteiger partial charge >= 0.3 is 0 Å². The molecule has 5 heteroatoms. The van der Waals surface area contributed by atoms with Gasteiger partial charge in [-0.1, -0.05) is 29.8 Å². The fourth-order valence-corrected chi connectivity index (χ4v) is 1.74. The van der Waals surface area contributed by atoms with Gasteiger partial charge in [-0.15, -0.1) is 0 Å². The fourth-order valence-electron chi connectivity index (χ4n) is 1.54. The molecule has 2 rings (SSSR count). The van der Waals surface area contributed by atoms with E-state index in [-0.39, 0.29) is 5.69 Å². The molecule has 2 aromatic carbocycles. The molecule has 1 N–H and O–H groups in total. The van der Waals surface area contributed by atoms with E-state index in [1.54, 1.807) is 24.3 Å². The molecule has 20 heavy (non-hydrogen) atoms. The summed E-state index contributed by atoms with van der Waals surface area (Å²) in [6.07, 6.45) is 2.74. The standard InChI is InChI=1S/C15H10ClF2NO/c16-12-4-2-1-3-10(12)5-8-15(20)19-14-7-6-11(17)9-13(14)18/h1-9H,(H,19,20)/b8-5+. The van der Waals surface area contributed by atoms with E-state index < -0.39 is 17.5 Å². The minimum atomic E-state index is -0.829. The average molecular weight is 294 g/mol. The van der Waals surface area contributed by atoms with Crippen molar-refractivity contribution in [3.8, 4) is 0 Å². The molecule has 0 saturated heterocycles. The van der Waals surface area contributed by atoms with E-state index in [1.807, 2.05) is 0 Å². The summed E-state index contributed by atoms with van der Waals surface area (Å²) < 4.78 is 26.1. The maximum atomic E-state index is 13.3. The van der Waals surface area contributed by atoms with Crippen LogP contribution in [0.1, 0.15) is 5.56 Å². The maximum absolute atomic E-state index is 13.3. The van der Waals surface area contributed by atoms with Crippen LogP contribution in [0.25, 0.3) is 6.08 Å². The van der Waals surface area contributed by atoms with Gasteiger partial charge in [-0.05, 0) is 29.8 Å². The zero-order chi connectivity index (χ0) is 14.5. The molecule has 0 spiro atoms. The molecule has 2 aromatic rings. The third-order valence-electron chi connectivity index (χ3n) is 2.51. The molecule has 0 atom stereocenters. The first-order valence-electron chi connectivity index (χ1n) is 5.75. The molecule has 0 aliphatic carbocycles. The fraction of sp³-hybridized carbons (Fsp3) is 0. The number of hydrogen-bond acceptors (Lipinski definition) is 1. The number of hydrogen-bond donors (Lipinski definition) is 1. The van der Waals surface area contributed by atoms with E-state index in [2.05, 4.69) is 5.32 Å². The van der Waals surface area contributed by atoms with Gasteiger partial charge in [0.15, 0.2) is 0 Å². The molecule has 0 heterocycles. The zero-order valence-electron chi connectivity index (χ0n) is 10.2. The van der Waals surface area contributed by atoms with Crippen LogP contribution in [0.4, 0.5) is 14.5 Å². The number of nitrogens with one attached hydrogen (secondary N) is 1. The van der Waals surface area contributed by atoms with Gasteiger partial charge in [0.1, 0.15) is 11.6 Å². The van der Waals surface area contributed by atoms with Gasteiger partial charge in [-0.3, -0.25) is 4.79 Å². The average Bonchev–Trinajstić information content (AvgIpc) is 2.41. The minimum Gasteiger partial charge on any atom is -0.320 e. The quantitative estimate of drug-likeness (QED) is 0.841. The Kier molecular flexibility index (Phi) is 4.48. The molecule has 1 amide bonds. The highest BCUT2D eigenvalue weighted by Gasteiger charge is 2.05. The van der Waals surface area contributed by atoms with Crippen molar-refractivity contribution in [1.82, 2.24) is 0 Å². The smallest absolute Gasteiger partial charge is 0.248 e. The predicted octanol–water partition coefficient (Wildman–Crippen LogP) is 4.27. The van der Waals surface area contributed by atoms with Crippen molar-refractivity contribution in [2.45, 2.75) is 0 Å². The summed E-state index contributed by atoms with van der Waals surface area (Å²) in [4.78, 5) is 11.6. The lowest BCUT2D eigenvalue weighted by molar-refractivity contribution is -0.111. The van der Waals surface area contributed by atoms with E-state index in [1.165, 1.54) is 12.2 Å². The molecule has 0 aliphatic rings. The van der Waals surface area contributed by atoms with Gasteiger partial charge in [0, 0.05) is 17.2 Å². The summed E-state index contributed by atoms with van der Waals surface area (Å²) in [5.74, 6) is -2.06. The molecule has 0 aromatic heterocycles. The first-order valence-corrected chi connectivity index (χ1v) is 6.13. The number of rotatable bonds is 3. The Morgan fingerprint density at radius 1 is 1.15 bits per heavy atom. The molecular weight excluding hydrogens is 284 g/mol. The van der Waals surface area contributed by atoms with Crippen LogP contribution >= 0.6 is 11.6 Å². The number of benzene rings is 2. The van der Waals surface area contributed by atoms with Crippen LogP contribution in [-0.4, -0.2) is 5.91 Å². The maximum Gasteiger partial charge on any atom is 0.248 e. The summed E-state index contributed by atoms with van der Waals surface area (Å²) in [7, 11) is 0. The Hall–Kier alpha value is -2.20. The van der Waals surface area contributed by atoms with Crippen molar-refractivity contribution in [1.29, 1.82) is 0 Å². The highest BCUT2D eigenvalue weighted by Crippen LogP contribution is 2.17. The minimum absolute atomic E-state index is 0.0831.